The van der Waals surface area contributed by atoms with E-state index in [0.29, 0.717) is 43.6 Å². The van der Waals surface area contributed by atoms with Gasteiger partial charge in [0.15, 0.2) is 5.82 Å². The molecule has 15 heteroatoms. The van der Waals surface area contributed by atoms with Crippen LogP contribution in [0.15, 0.2) is 59.5 Å². The van der Waals surface area contributed by atoms with Crippen LogP contribution in [-0.4, -0.2) is 61.1 Å². The summed E-state index contributed by atoms with van der Waals surface area (Å²) in [7, 11) is -4.81. The minimum Gasteiger partial charge on any atom is -0.457 e. The molecule has 2 aromatic carbocycles. The number of hydrogen-bond acceptors (Lipinski definition) is 10. The van der Waals surface area contributed by atoms with Crippen LogP contribution in [0.25, 0.3) is 0 Å². The molecule has 0 saturated carbocycles. The number of alkyl halides is 3. The number of rotatable bonds is 8. The summed E-state index contributed by atoms with van der Waals surface area (Å²) in [6.45, 7) is 2.36. The summed E-state index contributed by atoms with van der Waals surface area (Å²) < 4.78 is 79.9. The fraction of sp³-hybridized carbons (Fsp3) is 0.286. The van der Waals surface area contributed by atoms with Crippen LogP contribution < -0.4 is 9.21 Å². The number of hydrogen-bond donors (Lipinski definition) is 0. The Morgan fingerprint density at radius 1 is 1.06 bits per heavy atom. The van der Waals surface area contributed by atoms with Gasteiger partial charge < -0.3 is 14.3 Å². The molecule has 0 spiro atoms. The number of carbonyl (C=O) groups excluding carboxylic acids is 1. The Kier molecular flexibility index (Phi) is 7.73. The summed E-state index contributed by atoms with van der Waals surface area (Å²) in [6, 6.07) is 13.5. The lowest BCUT2D eigenvalue weighted by Crippen LogP contribution is -2.39. The number of aromatic nitrogens is 2. The van der Waals surface area contributed by atoms with Crippen molar-refractivity contribution in [3.05, 3.63) is 60.4 Å². The third kappa shape index (κ3) is 6.29. The standard InChI is InChI=1S/C21H19F3N4O6S2/c22-21(23,24)19(29)34-28(20-25-18(26-35-20)14-27-10-12-32-13-11-27)36(30,31)17-8-6-16(7-9-17)33-15-4-2-1-3-5-15/h1-9H,10-14H2. The normalized spacial score (nSPS) is 14.9. The smallest absolute Gasteiger partial charge is 0.457 e. The van der Waals surface area contributed by atoms with Gasteiger partial charge in [0.05, 0.1) is 24.7 Å². The van der Waals surface area contributed by atoms with Crippen molar-refractivity contribution < 1.29 is 40.7 Å². The molecule has 1 fully saturated rings. The molecule has 0 radical (unpaired) electrons. The van der Waals surface area contributed by atoms with Crippen LogP contribution in [0, 0.1) is 0 Å². The van der Waals surface area contributed by atoms with E-state index < -0.39 is 32.2 Å². The molecule has 0 unspecified atom stereocenters. The SMILES string of the molecule is O=C(ON(c1nc(CN2CCOCC2)ns1)S(=O)(=O)c1ccc(Oc2ccccc2)cc1)C(F)(F)F. The first kappa shape index (κ1) is 25.8. The number of benzene rings is 2. The van der Waals surface area contributed by atoms with E-state index in [1.807, 2.05) is 4.90 Å². The highest BCUT2D eigenvalue weighted by Gasteiger charge is 2.45. The topological polar surface area (TPSA) is 111 Å². The fourth-order valence-corrected chi connectivity index (χ4v) is 5.07. The zero-order chi connectivity index (χ0) is 25.8. The van der Waals surface area contributed by atoms with Crippen molar-refractivity contribution >= 4 is 32.7 Å². The number of halogens is 3. The molecular weight excluding hydrogens is 525 g/mol. The molecule has 0 N–H and O–H groups in total. The van der Waals surface area contributed by atoms with Crippen LogP contribution in [0.3, 0.4) is 0 Å². The molecule has 3 aromatic rings. The van der Waals surface area contributed by atoms with E-state index in [1.54, 1.807) is 30.3 Å². The van der Waals surface area contributed by atoms with Crippen LogP contribution in [-0.2, 0) is 30.9 Å². The maximum absolute atomic E-state index is 13.2. The first-order valence-electron chi connectivity index (χ1n) is 10.4. The van der Waals surface area contributed by atoms with Crippen molar-refractivity contribution in [1.82, 2.24) is 14.3 Å². The van der Waals surface area contributed by atoms with E-state index in [9.17, 15) is 26.4 Å². The Bertz CT molecular complexity index is 1280. The lowest BCUT2D eigenvalue weighted by atomic mass is 10.3. The molecular formula is C21H19F3N4O6S2. The number of ether oxygens (including phenoxy) is 2. The van der Waals surface area contributed by atoms with Crippen molar-refractivity contribution in [2.75, 3.05) is 30.8 Å². The second-order valence-corrected chi connectivity index (χ2v) is 9.86. The fourth-order valence-electron chi connectivity index (χ4n) is 3.06. The molecule has 192 valence electrons. The van der Waals surface area contributed by atoms with E-state index in [0.717, 1.165) is 12.1 Å². The van der Waals surface area contributed by atoms with Crippen molar-refractivity contribution in [2.45, 2.75) is 17.6 Å². The van der Waals surface area contributed by atoms with Gasteiger partial charge in [-0.15, -0.1) is 0 Å². The summed E-state index contributed by atoms with van der Waals surface area (Å²) in [4.78, 5) is 21.3. The van der Waals surface area contributed by atoms with Crippen LogP contribution in [0.2, 0.25) is 0 Å². The summed E-state index contributed by atoms with van der Waals surface area (Å²) in [5.74, 6) is -1.79. The molecule has 0 atom stereocenters. The van der Waals surface area contributed by atoms with Crippen LogP contribution in [0.4, 0.5) is 18.3 Å². The van der Waals surface area contributed by atoms with Gasteiger partial charge in [0, 0.05) is 24.6 Å². The molecule has 1 aliphatic heterocycles. The van der Waals surface area contributed by atoms with Gasteiger partial charge in [-0.25, -0.2) is 4.79 Å². The van der Waals surface area contributed by atoms with E-state index in [-0.39, 0.29) is 22.6 Å². The molecule has 0 amide bonds. The lowest BCUT2D eigenvalue weighted by Gasteiger charge is -2.25. The van der Waals surface area contributed by atoms with Crippen molar-refractivity contribution in [3.8, 4) is 11.5 Å². The lowest BCUT2D eigenvalue weighted by molar-refractivity contribution is -0.199. The average Bonchev–Trinajstić information content (AvgIpc) is 3.31. The quantitative estimate of drug-likeness (QED) is 0.394. The van der Waals surface area contributed by atoms with Gasteiger partial charge in [-0.1, -0.05) is 22.7 Å². The van der Waals surface area contributed by atoms with Gasteiger partial charge in [-0.3, -0.25) is 4.90 Å². The van der Waals surface area contributed by atoms with E-state index in [1.165, 1.54) is 12.1 Å². The molecule has 4 rings (SSSR count). The zero-order valence-electron chi connectivity index (χ0n) is 18.4. The Morgan fingerprint density at radius 2 is 1.69 bits per heavy atom. The highest BCUT2D eigenvalue weighted by Crippen LogP contribution is 2.30. The number of carbonyl (C=O) groups is 1. The van der Waals surface area contributed by atoms with Gasteiger partial charge in [0.1, 0.15) is 11.5 Å². The maximum Gasteiger partial charge on any atom is 0.493 e. The molecule has 1 aliphatic rings. The van der Waals surface area contributed by atoms with Crippen LogP contribution in [0.5, 0.6) is 11.5 Å². The van der Waals surface area contributed by atoms with Gasteiger partial charge >= 0.3 is 12.1 Å². The largest absolute Gasteiger partial charge is 0.493 e. The molecule has 0 aliphatic carbocycles. The monoisotopic (exact) mass is 544 g/mol. The van der Waals surface area contributed by atoms with Crippen LogP contribution >= 0.6 is 11.5 Å². The third-order valence-corrected chi connectivity index (χ3v) is 7.19. The first-order valence-corrected chi connectivity index (χ1v) is 12.6. The zero-order valence-corrected chi connectivity index (χ0v) is 20.1. The minimum atomic E-state index is -5.44. The first-order chi connectivity index (χ1) is 17.1. The molecule has 36 heavy (non-hydrogen) atoms. The highest BCUT2D eigenvalue weighted by molar-refractivity contribution is 7.92. The Balaban J connectivity index is 1.59. The number of anilines is 1. The minimum absolute atomic E-state index is 0.156. The Labute approximate surface area is 208 Å². The van der Waals surface area contributed by atoms with Crippen molar-refractivity contribution in [3.63, 3.8) is 0 Å². The Morgan fingerprint density at radius 3 is 2.33 bits per heavy atom. The van der Waals surface area contributed by atoms with Gasteiger partial charge in [0.2, 0.25) is 0 Å². The molecule has 2 heterocycles. The molecule has 0 bridgehead atoms. The molecule has 1 saturated heterocycles. The Hall–Kier alpha value is -3.27. The van der Waals surface area contributed by atoms with Crippen molar-refractivity contribution in [2.24, 2.45) is 0 Å². The van der Waals surface area contributed by atoms with Gasteiger partial charge in [-0.2, -0.15) is 30.9 Å². The molecule has 10 nitrogen and oxygen atoms in total. The number of nitrogens with zero attached hydrogens (tertiary/aromatic N) is 4. The van der Waals surface area contributed by atoms with Crippen molar-refractivity contribution in [1.29, 1.82) is 0 Å². The number of para-hydroxylation sites is 1. The number of sulfonamides is 1. The van der Waals surface area contributed by atoms with E-state index in [2.05, 4.69) is 14.2 Å². The van der Waals surface area contributed by atoms with Gasteiger partial charge in [0.25, 0.3) is 15.2 Å². The predicted molar refractivity (Wildman–Crippen MR) is 121 cm³/mol. The highest BCUT2D eigenvalue weighted by atomic mass is 32.2. The van der Waals surface area contributed by atoms with E-state index >= 15 is 0 Å². The average molecular weight is 545 g/mol. The number of morpholine rings is 1. The second kappa shape index (κ2) is 10.8. The van der Waals surface area contributed by atoms with Gasteiger partial charge in [-0.05, 0) is 36.4 Å². The summed E-state index contributed by atoms with van der Waals surface area (Å²) >= 11 is 0.484. The van der Waals surface area contributed by atoms with E-state index in [4.69, 9.17) is 9.47 Å². The summed E-state index contributed by atoms with van der Waals surface area (Å²) in [6.07, 6.45) is -5.44. The van der Waals surface area contributed by atoms with Crippen LogP contribution in [0.1, 0.15) is 5.82 Å². The summed E-state index contributed by atoms with van der Waals surface area (Å²) in [5, 5.41) is -0.555. The third-order valence-electron chi connectivity index (χ3n) is 4.80. The molecule has 1 aromatic heterocycles. The maximum atomic E-state index is 13.2. The predicted octanol–water partition coefficient (Wildman–Crippen LogP) is 3.38. The second-order valence-electron chi connectivity index (χ2n) is 7.38. The summed E-state index contributed by atoms with van der Waals surface area (Å²) in [5.41, 5.74) is 0.